The van der Waals surface area contributed by atoms with Crippen LogP contribution in [0.15, 0.2) is 18.2 Å². The molecule has 1 atom stereocenters. The van der Waals surface area contributed by atoms with Crippen LogP contribution >= 0.6 is 0 Å². The lowest BCUT2D eigenvalue weighted by atomic mass is 10.1. The normalized spacial score (nSPS) is 19.1. The van der Waals surface area contributed by atoms with E-state index in [2.05, 4.69) is 4.74 Å². The summed E-state index contributed by atoms with van der Waals surface area (Å²) in [4.78, 5) is 24.9. The zero-order valence-corrected chi connectivity index (χ0v) is 10.5. The van der Waals surface area contributed by atoms with Gasteiger partial charge in [-0.25, -0.2) is 0 Å². The molecule has 1 amide bonds. The van der Waals surface area contributed by atoms with Crippen LogP contribution in [0.25, 0.3) is 0 Å². The molecule has 2 N–H and O–H groups in total. The fourth-order valence-corrected chi connectivity index (χ4v) is 2.08. The number of nitrogens with zero attached hydrogens (tertiary/aromatic N) is 1. The number of rotatable bonds is 2. The summed E-state index contributed by atoms with van der Waals surface area (Å²) >= 11 is 0. The number of carbonyl (C=O) groups is 2. The summed E-state index contributed by atoms with van der Waals surface area (Å²) in [5, 5.41) is 0. The molecule has 96 valence electrons. The van der Waals surface area contributed by atoms with Gasteiger partial charge in [0.2, 0.25) is 5.91 Å². The minimum Gasteiger partial charge on any atom is -0.469 e. The van der Waals surface area contributed by atoms with Crippen molar-refractivity contribution in [3.8, 4) is 0 Å². The number of esters is 1. The molecule has 5 heteroatoms. The van der Waals surface area contributed by atoms with E-state index in [0.717, 1.165) is 11.3 Å². The number of hydrogen-bond acceptors (Lipinski definition) is 4. The van der Waals surface area contributed by atoms with E-state index in [0.29, 0.717) is 12.2 Å². The van der Waals surface area contributed by atoms with E-state index in [1.807, 2.05) is 19.1 Å². The second kappa shape index (κ2) is 4.68. The number of carbonyl (C=O) groups excluding carboxylic acids is 2. The maximum Gasteiger partial charge on any atom is 0.311 e. The SMILES string of the molecule is COC(=O)C1CC(=O)N(c2ccc(C)c(N)c2)C1. The summed E-state index contributed by atoms with van der Waals surface area (Å²) in [5.74, 6) is -0.801. The van der Waals surface area contributed by atoms with Crippen LogP contribution in [-0.2, 0) is 14.3 Å². The molecular weight excluding hydrogens is 232 g/mol. The van der Waals surface area contributed by atoms with Crippen molar-refractivity contribution in [1.82, 2.24) is 0 Å². The van der Waals surface area contributed by atoms with Crippen molar-refractivity contribution in [1.29, 1.82) is 0 Å². The monoisotopic (exact) mass is 248 g/mol. The quantitative estimate of drug-likeness (QED) is 0.628. The Balaban J connectivity index is 2.21. The topological polar surface area (TPSA) is 72.6 Å². The van der Waals surface area contributed by atoms with E-state index >= 15 is 0 Å². The van der Waals surface area contributed by atoms with Crippen molar-refractivity contribution in [2.24, 2.45) is 5.92 Å². The average Bonchev–Trinajstić information content (AvgIpc) is 2.74. The Bertz CT molecular complexity index is 499. The van der Waals surface area contributed by atoms with Crippen molar-refractivity contribution in [3.05, 3.63) is 23.8 Å². The maximum atomic E-state index is 11.9. The highest BCUT2D eigenvalue weighted by Crippen LogP contribution is 2.28. The number of anilines is 2. The lowest BCUT2D eigenvalue weighted by Crippen LogP contribution is -2.26. The highest BCUT2D eigenvalue weighted by Gasteiger charge is 2.35. The molecule has 1 aliphatic rings. The van der Waals surface area contributed by atoms with Crippen molar-refractivity contribution >= 4 is 23.3 Å². The molecule has 1 aromatic carbocycles. The van der Waals surface area contributed by atoms with Gasteiger partial charge in [-0.2, -0.15) is 0 Å². The third-order valence-corrected chi connectivity index (χ3v) is 3.23. The summed E-state index contributed by atoms with van der Waals surface area (Å²) in [5.41, 5.74) is 8.16. The van der Waals surface area contributed by atoms with Crippen LogP contribution in [0.3, 0.4) is 0 Å². The molecule has 0 radical (unpaired) electrons. The van der Waals surface area contributed by atoms with Crippen LogP contribution in [0.4, 0.5) is 11.4 Å². The van der Waals surface area contributed by atoms with Gasteiger partial charge in [0.15, 0.2) is 0 Å². The van der Waals surface area contributed by atoms with E-state index in [4.69, 9.17) is 5.73 Å². The standard InChI is InChI=1S/C13H16N2O3/c1-8-3-4-10(6-11(8)14)15-7-9(5-12(15)16)13(17)18-2/h3-4,6,9H,5,7,14H2,1-2H3. The first-order valence-electron chi connectivity index (χ1n) is 5.77. The lowest BCUT2D eigenvalue weighted by molar-refractivity contribution is -0.145. The van der Waals surface area contributed by atoms with Crippen molar-refractivity contribution in [2.45, 2.75) is 13.3 Å². The Kier molecular flexibility index (Phi) is 3.23. The van der Waals surface area contributed by atoms with Gasteiger partial charge < -0.3 is 15.4 Å². The zero-order valence-electron chi connectivity index (χ0n) is 10.5. The molecule has 1 saturated heterocycles. The summed E-state index contributed by atoms with van der Waals surface area (Å²) in [6.45, 7) is 2.26. The zero-order chi connectivity index (χ0) is 13.3. The highest BCUT2D eigenvalue weighted by molar-refractivity contribution is 5.99. The first-order valence-corrected chi connectivity index (χ1v) is 5.77. The van der Waals surface area contributed by atoms with E-state index in [-0.39, 0.29) is 24.2 Å². The summed E-state index contributed by atoms with van der Waals surface area (Å²) in [6.07, 6.45) is 0.195. The molecule has 0 aliphatic carbocycles. The van der Waals surface area contributed by atoms with Crippen LogP contribution in [0, 0.1) is 12.8 Å². The second-order valence-corrected chi connectivity index (χ2v) is 4.47. The van der Waals surface area contributed by atoms with Gasteiger partial charge in [-0.15, -0.1) is 0 Å². The van der Waals surface area contributed by atoms with Crippen LogP contribution in [0.5, 0.6) is 0 Å². The molecule has 0 spiro atoms. The van der Waals surface area contributed by atoms with Crippen LogP contribution in [0.2, 0.25) is 0 Å². The first kappa shape index (κ1) is 12.4. The van der Waals surface area contributed by atoms with E-state index in [9.17, 15) is 9.59 Å². The Hall–Kier alpha value is -2.04. The van der Waals surface area contributed by atoms with Crippen molar-refractivity contribution in [2.75, 3.05) is 24.3 Å². The number of benzene rings is 1. The predicted molar refractivity (Wildman–Crippen MR) is 68.1 cm³/mol. The van der Waals surface area contributed by atoms with Gasteiger partial charge in [0.05, 0.1) is 13.0 Å². The van der Waals surface area contributed by atoms with Crippen LogP contribution in [0.1, 0.15) is 12.0 Å². The molecule has 1 aromatic rings. The van der Waals surface area contributed by atoms with E-state index < -0.39 is 0 Å². The second-order valence-electron chi connectivity index (χ2n) is 4.47. The molecule has 1 aliphatic heterocycles. The number of methoxy groups -OCH3 is 1. The lowest BCUT2D eigenvalue weighted by Gasteiger charge is -2.17. The number of hydrogen-bond donors (Lipinski definition) is 1. The van der Waals surface area contributed by atoms with E-state index in [1.165, 1.54) is 7.11 Å². The van der Waals surface area contributed by atoms with Gasteiger partial charge in [-0.1, -0.05) is 6.07 Å². The summed E-state index contributed by atoms with van der Waals surface area (Å²) in [7, 11) is 1.33. The largest absolute Gasteiger partial charge is 0.469 e. The van der Waals surface area contributed by atoms with Gasteiger partial charge in [-0.05, 0) is 24.6 Å². The minimum atomic E-state index is -0.384. The number of aryl methyl sites for hydroxylation is 1. The summed E-state index contributed by atoms with van der Waals surface area (Å²) in [6, 6.07) is 5.46. The third-order valence-electron chi connectivity index (χ3n) is 3.23. The molecule has 2 rings (SSSR count). The minimum absolute atomic E-state index is 0.0753. The van der Waals surface area contributed by atoms with Crippen molar-refractivity contribution < 1.29 is 14.3 Å². The van der Waals surface area contributed by atoms with Gasteiger partial charge >= 0.3 is 5.97 Å². The fraction of sp³-hybridized carbons (Fsp3) is 0.385. The molecule has 18 heavy (non-hydrogen) atoms. The molecule has 1 unspecified atom stereocenters. The number of ether oxygens (including phenoxy) is 1. The Morgan fingerprint density at radius 1 is 1.50 bits per heavy atom. The molecule has 0 bridgehead atoms. The van der Waals surface area contributed by atoms with Gasteiger partial charge in [0.1, 0.15) is 0 Å². The van der Waals surface area contributed by atoms with Gasteiger partial charge in [0.25, 0.3) is 0 Å². The highest BCUT2D eigenvalue weighted by atomic mass is 16.5. The number of amides is 1. The Morgan fingerprint density at radius 2 is 2.22 bits per heavy atom. The van der Waals surface area contributed by atoms with Gasteiger partial charge in [-0.3, -0.25) is 9.59 Å². The molecule has 5 nitrogen and oxygen atoms in total. The number of nitrogens with two attached hydrogens (primary N) is 1. The first-order chi connectivity index (χ1) is 8.52. The van der Waals surface area contributed by atoms with E-state index in [1.54, 1.807) is 11.0 Å². The molecule has 1 heterocycles. The Morgan fingerprint density at radius 3 is 2.83 bits per heavy atom. The van der Waals surface area contributed by atoms with Crippen LogP contribution in [-0.4, -0.2) is 25.5 Å². The van der Waals surface area contributed by atoms with Crippen molar-refractivity contribution in [3.63, 3.8) is 0 Å². The maximum absolute atomic E-state index is 11.9. The third kappa shape index (κ3) is 2.16. The molecule has 0 saturated carbocycles. The molecule has 1 fully saturated rings. The summed E-state index contributed by atoms with van der Waals surface area (Å²) < 4.78 is 4.67. The Labute approximate surface area is 106 Å². The fourth-order valence-electron chi connectivity index (χ4n) is 2.08. The van der Waals surface area contributed by atoms with Gasteiger partial charge in [0, 0.05) is 24.3 Å². The number of nitrogen functional groups attached to an aromatic ring is 1. The smallest absolute Gasteiger partial charge is 0.311 e. The molecular formula is C13H16N2O3. The average molecular weight is 248 g/mol. The van der Waals surface area contributed by atoms with Crippen LogP contribution < -0.4 is 10.6 Å². The predicted octanol–water partition coefficient (Wildman–Crippen LogP) is 1.10. The molecule has 0 aromatic heterocycles.